The first-order valence-electron chi connectivity index (χ1n) is 5.38. The summed E-state index contributed by atoms with van der Waals surface area (Å²) in [5, 5.41) is 5.98. The van der Waals surface area contributed by atoms with Crippen LogP contribution in [0.5, 0.6) is 0 Å². The van der Waals surface area contributed by atoms with Gasteiger partial charge in [0.25, 0.3) is 0 Å². The van der Waals surface area contributed by atoms with Crippen LogP contribution in [-0.4, -0.2) is 49.6 Å². The van der Waals surface area contributed by atoms with Gasteiger partial charge < -0.3 is 10.6 Å². The van der Waals surface area contributed by atoms with Crippen LogP contribution in [0.4, 0.5) is 0 Å². The van der Waals surface area contributed by atoms with Gasteiger partial charge in [-0.25, -0.2) is 0 Å². The zero-order valence-electron chi connectivity index (χ0n) is 9.34. The van der Waals surface area contributed by atoms with E-state index >= 15 is 0 Å². The second-order valence-electron chi connectivity index (χ2n) is 3.83. The third-order valence-electron chi connectivity index (χ3n) is 2.99. The summed E-state index contributed by atoms with van der Waals surface area (Å²) in [6.07, 6.45) is 1.09. The van der Waals surface area contributed by atoms with Gasteiger partial charge in [0, 0.05) is 32.7 Å². The molecule has 0 aromatic carbocycles. The Hall–Kier alpha value is -0.610. The van der Waals surface area contributed by atoms with E-state index in [0.29, 0.717) is 6.04 Å². The molecule has 1 fully saturated rings. The van der Waals surface area contributed by atoms with Crippen molar-refractivity contribution in [1.82, 2.24) is 15.5 Å². The number of carbonyl (C=O) groups is 1. The largest absolute Gasteiger partial charge is 0.358 e. The van der Waals surface area contributed by atoms with Gasteiger partial charge in [0.1, 0.15) is 6.04 Å². The van der Waals surface area contributed by atoms with Crippen molar-refractivity contribution in [3.63, 3.8) is 0 Å². The zero-order chi connectivity index (χ0) is 10.6. The smallest absolute Gasteiger partial charge is 0.238 e. The minimum Gasteiger partial charge on any atom is -0.358 e. The Kier molecular flexibility index (Phi) is 4.35. The zero-order valence-corrected chi connectivity index (χ0v) is 9.34. The van der Waals surface area contributed by atoms with Crippen LogP contribution in [0.1, 0.15) is 20.3 Å². The van der Waals surface area contributed by atoms with Gasteiger partial charge in [-0.2, -0.15) is 0 Å². The Bertz CT molecular complexity index is 196. The summed E-state index contributed by atoms with van der Waals surface area (Å²) in [6, 6.07) is 0.489. The predicted molar refractivity (Wildman–Crippen MR) is 57.2 cm³/mol. The molecule has 4 nitrogen and oxygen atoms in total. The van der Waals surface area contributed by atoms with Crippen LogP contribution < -0.4 is 10.6 Å². The Morgan fingerprint density at radius 2 is 2.43 bits per heavy atom. The highest BCUT2D eigenvalue weighted by molar-refractivity contribution is 5.81. The Morgan fingerprint density at radius 3 is 3.00 bits per heavy atom. The fourth-order valence-electron chi connectivity index (χ4n) is 1.89. The summed E-state index contributed by atoms with van der Waals surface area (Å²) in [4.78, 5) is 13.9. The molecule has 0 aromatic heterocycles. The van der Waals surface area contributed by atoms with E-state index in [1.165, 1.54) is 0 Å². The molecule has 2 unspecified atom stereocenters. The minimum absolute atomic E-state index is 0.00343. The standard InChI is InChI=1S/C10H21N3O/c1-4-8(2)13-6-5-12-7-9(13)10(14)11-3/h8-9,12H,4-7H2,1-3H3,(H,11,14). The molecule has 2 atom stereocenters. The lowest BCUT2D eigenvalue weighted by molar-refractivity contribution is -0.127. The van der Waals surface area contributed by atoms with Gasteiger partial charge in [0.2, 0.25) is 5.91 Å². The molecule has 82 valence electrons. The van der Waals surface area contributed by atoms with Crippen LogP contribution in [0.15, 0.2) is 0 Å². The summed E-state index contributed by atoms with van der Waals surface area (Å²) >= 11 is 0. The summed E-state index contributed by atoms with van der Waals surface area (Å²) in [6.45, 7) is 7.06. The number of hydrogen-bond acceptors (Lipinski definition) is 3. The maximum Gasteiger partial charge on any atom is 0.238 e. The molecule has 1 heterocycles. The number of nitrogens with one attached hydrogen (secondary N) is 2. The topological polar surface area (TPSA) is 44.4 Å². The number of amides is 1. The SMILES string of the molecule is CCC(C)N1CCNCC1C(=O)NC. The molecule has 1 aliphatic rings. The van der Waals surface area contributed by atoms with E-state index in [1.54, 1.807) is 7.05 Å². The van der Waals surface area contributed by atoms with E-state index in [2.05, 4.69) is 29.4 Å². The third kappa shape index (κ3) is 2.45. The lowest BCUT2D eigenvalue weighted by atomic mass is 10.1. The normalized spacial score (nSPS) is 25.8. The molecule has 0 radical (unpaired) electrons. The molecule has 4 heteroatoms. The van der Waals surface area contributed by atoms with Gasteiger partial charge in [-0.05, 0) is 13.3 Å². The van der Waals surface area contributed by atoms with Crippen LogP contribution in [0.2, 0.25) is 0 Å². The van der Waals surface area contributed by atoms with Crippen molar-refractivity contribution in [2.45, 2.75) is 32.4 Å². The molecule has 1 aliphatic heterocycles. The van der Waals surface area contributed by atoms with E-state index in [-0.39, 0.29) is 11.9 Å². The van der Waals surface area contributed by atoms with Crippen molar-refractivity contribution in [3.05, 3.63) is 0 Å². The maximum absolute atomic E-state index is 11.6. The van der Waals surface area contributed by atoms with Crippen molar-refractivity contribution in [1.29, 1.82) is 0 Å². The average Bonchev–Trinajstić information content (AvgIpc) is 2.27. The van der Waals surface area contributed by atoms with E-state index < -0.39 is 0 Å². The van der Waals surface area contributed by atoms with Crippen LogP contribution in [0.25, 0.3) is 0 Å². The highest BCUT2D eigenvalue weighted by Crippen LogP contribution is 2.10. The van der Waals surface area contributed by atoms with E-state index in [9.17, 15) is 4.79 Å². The van der Waals surface area contributed by atoms with Gasteiger partial charge in [0.15, 0.2) is 0 Å². The number of likely N-dealkylation sites (N-methyl/N-ethyl adjacent to an activating group) is 1. The average molecular weight is 199 g/mol. The second-order valence-corrected chi connectivity index (χ2v) is 3.83. The molecule has 2 N–H and O–H groups in total. The molecule has 0 bridgehead atoms. The molecule has 1 saturated heterocycles. The molecule has 0 spiro atoms. The first-order chi connectivity index (χ1) is 6.70. The highest BCUT2D eigenvalue weighted by atomic mass is 16.2. The highest BCUT2D eigenvalue weighted by Gasteiger charge is 2.30. The molecular weight excluding hydrogens is 178 g/mol. The molecular formula is C10H21N3O. The van der Waals surface area contributed by atoms with Gasteiger partial charge in [-0.1, -0.05) is 6.92 Å². The van der Waals surface area contributed by atoms with Gasteiger partial charge in [0.05, 0.1) is 0 Å². The van der Waals surface area contributed by atoms with Crippen molar-refractivity contribution >= 4 is 5.91 Å². The molecule has 1 rings (SSSR count). The van der Waals surface area contributed by atoms with Gasteiger partial charge in [-0.3, -0.25) is 9.69 Å². The molecule has 1 amide bonds. The van der Waals surface area contributed by atoms with Crippen molar-refractivity contribution in [2.75, 3.05) is 26.7 Å². The summed E-state index contributed by atoms with van der Waals surface area (Å²) in [5.41, 5.74) is 0. The Balaban J connectivity index is 2.63. The quantitative estimate of drug-likeness (QED) is 0.662. The maximum atomic E-state index is 11.6. The predicted octanol–water partition coefficient (Wildman–Crippen LogP) is -0.195. The minimum atomic E-state index is 0.00343. The molecule has 14 heavy (non-hydrogen) atoms. The first-order valence-corrected chi connectivity index (χ1v) is 5.38. The third-order valence-corrected chi connectivity index (χ3v) is 2.99. The number of nitrogens with zero attached hydrogens (tertiary/aromatic N) is 1. The van der Waals surface area contributed by atoms with Crippen LogP contribution in [0.3, 0.4) is 0 Å². The lowest BCUT2D eigenvalue weighted by Gasteiger charge is -2.38. The van der Waals surface area contributed by atoms with Crippen molar-refractivity contribution in [2.24, 2.45) is 0 Å². The molecule has 0 aliphatic carbocycles. The van der Waals surface area contributed by atoms with Crippen molar-refractivity contribution < 1.29 is 4.79 Å². The van der Waals surface area contributed by atoms with Gasteiger partial charge in [-0.15, -0.1) is 0 Å². The number of hydrogen-bond donors (Lipinski definition) is 2. The second kappa shape index (κ2) is 5.32. The summed E-state index contributed by atoms with van der Waals surface area (Å²) in [7, 11) is 1.70. The molecule has 0 saturated carbocycles. The Labute approximate surface area is 86.0 Å². The van der Waals surface area contributed by atoms with Crippen molar-refractivity contribution in [3.8, 4) is 0 Å². The number of carbonyl (C=O) groups excluding carboxylic acids is 1. The first kappa shape index (κ1) is 11.5. The number of piperazine rings is 1. The van der Waals surface area contributed by atoms with E-state index in [0.717, 1.165) is 26.1 Å². The fraction of sp³-hybridized carbons (Fsp3) is 0.900. The van der Waals surface area contributed by atoms with Gasteiger partial charge >= 0.3 is 0 Å². The number of rotatable bonds is 3. The van der Waals surface area contributed by atoms with Crippen LogP contribution in [0, 0.1) is 0 Å². The summed E-state index contributed by atoms with van der Waals surface area (Å²) in [5.74, 6) is 0.123. The monoisotopic (exact) mass is 199 g/mol. The summed E-state index contributed by atoms with van der Waals surface area (Å²) < 4.78 is 0. The Morgan fingerprint density at radius 1 is 1.71 bits per heavy atom. The fourth-order valence-corrected chi connectivity index (χ4v) is 1.89. The van der Waals surface area contributed by atoms with Crippen LogP contribution in [-0.2, 0) is 4.79 Å². The van der Waals surface area contributed by atoms with Crippen LogP contribution >= 0.6 is 0 Å². The van der Waals surface area contributed by atoms with E-state index in [4.69, 9.17) is 0 Å². The molecule has 0 aromatic rings. The van der Waals surface area contributed by atoms with E-state index in [1.807, 2.05) is 0 Å². The lowest BCUT2D eigenvalue weighted by Crippen LogP contribution is -2.59.